The van der Waals surface area contributed by atoms with E-state index in [0.29, 0.717) is 23.5 Å². The van der Waals surface area contributed by atoms with Gasteiger partial charge in [0.05, 0.1) is 5.75 Å². The van der Waals surface area contributed by atoms with Gasteiger partial charge in [0.15, 0.2) is 0 Å². The number of hydrogen-bond acceptors (Lipinski definition) is 3. The Morgan fingerprint density at radius 3 is 2.20 bits per heavy atom. The zero-order valence-corrected chi connectivity index (χ0v) is 11.2. The van der Waals surface area contributed by atoms with Crippen LogP contribution in [0.15, 0.2) is 0 Å². The fourth-order valence-electron chi connectivity index (χ4n) is 1.33. The Morgan fingerprint density at radius 1 is 1.13 bits per heavy atom. The van der Waals surface area contributed by atoms with Crippen molar-refractivity contribution >= 4 is 9.84 Å². The van der Waals surface area contributed by atoms with E-state index in [-0.39, 0.29) is 0 Å². The molecule has 0 aromatic rings. The summed E-state index contributed by atoms with van der Waals surface area (Å²) >= 11 is 0. The van der Waals surface area contributed by atoms with Crippen molar-refractivity contribution in [2.75, 3.05) is 18.1 Å². The third-order valence-electron chi connectivity index (χ3n) is 2.31. The molecule has 0 spiro atoms. The molecule has 1 N–H and O–H groups in total. The van der Waals surface area contributed by atoms with E-state index in [4.69, 9.17) is 0 Å². The van der Waals surface area contributed by atoms with Crippen LogP contribution in [0.1, 0.15) is 40.5 Å². The predicted molar refractivity (Wildman–Crippen MR) is 65.9 cm³/mol. The van der Waals surface area contributed by atoms with Crippen molar-refractivity contribution in [2.24, 2.45) is 5.92 Å². The Labute approximate surface area is 94.6 Å². The van der Waals surface area contributed by atoms with E-state index in [1.165, 1.54) is 0 Å². The highest BCUT2D eigenvalue weighted by Crippen LogP contribution is 2.05. The highest BCUT2D eigenvalue weighted by atomic mass is 32.2. The largest absolute Gasteiger partial charge is 0.314 e. The number of sulfone groups is 1. The maximum atomic E-state index is 11.5. The van der Waals surface area contributed by atoms with E-state index in [1.54, 1.807) is 0 Å². The molecule has 15 heavy (non-hydrogen) atoms. The van der Waals surface area contributed by atoms with Crippen LogP contribution in [0.3, 0.4) is 0 Å². The quantitative estimate of drug-likeness (QED) is 0.698. The second-order valence-electron chi connectivity index (χ2n) is 4.61. The normalized spacial score (nSPS) is 14.5. The predicted octanol–water partition coefficient (Wildman–Crippen LogP) is 1.84. The topological polar surface area (TPSA) is 46.2 Å². The summed E-state index contributed by atoms with van der Waals surface area (Å²) in [5.41, 5.74) is 0. The summed E-state index contributed by atoms with van der Waals surface area (Å²) < 4.78 is 22.9. The van der Waals surface area contributed by atoms with Gasteiger partial charge in [0, 0.05) is 11.8 Å². The van der Waals surface area contributed by atoms with Crippen LogP contribution >= 0.6 is 0 Å². The molecule has 0 bridgehead atoms. The highest BCUT2D eigenvalue weighted by molar-refractivity contribution is 7.91. The molecular formula is C11H25NO2S. The molecule has 4 heteroatoms. The minimum absolute atomic E-state index is 0.331. The Bertz CT molecular complexity index is 247. The first kappa shape index (κ1) is 14.9. The third kappa shape index (κ3) is 8.88. The van der Waals surface area contributed by atoms with Crippen molar-refractivity contribution in [3.05, 3.63) is 0 Å². The Hall–Kier alpha value is -0.0900. The smallest absolute Gasteiger partial charge is 0.150 e. The van der Waals surface area contributed by atoms with Crippen LogP contribution in [0.4, 0.5) is 0 Å². The first-order valence-corrected chi connectivity index (χ1v) is 7.63. The lowest BCUT2D eigenvalue weighted by Crippen LogP contribution is -2.28. The van der Waals surface area contributed by atoms with Crippen LogP contribution in [-0.4, -0.2) is 32.5 Å². The summed E-state index contributed by atoms with van der Waals surface area (Å²) in [5.74, 6) is 1.10. The second kappa shape index (κ2) is 7.23. The molecule has 0 radical (unpaired) electrons. The Kier molecular flexibility index (Phi) is 7.18. The fourth-order valence-corrected chi connectivity index (χ4v) is 2.92. The Morgan fingerprint density at radius 2 is 1.73 bits per heavy atom. The molecule has 0 aliphatic rings. The average Bonchev–Trinajstić information content (AvgIpc) is 2.11. The fraction of sp³-hybridized carbons (Fsp3) is 1.00. The maximum Gasteiger partial charge on any atom is 0.150 e. The number of rotatable bonds is 8. The molecule has 0 aliphatic heterocycles. The summed E-state index contributed by atoms with van der Waals surface area (Å²) in [7, 11) is -2.79. The van der Waals surface area contributed by atoms with Crippen LogP contribution in [0, 0.1) is 5.92 Å². The molecule has 0 aromatic carbocycles. The van der Waals surface area contributed by atoms with Crippen LogP contribution in [0.25, 0.3) is 0 Å². The molecule has 0 saturated carbocycles. The van der Waals surface area contributed by atoms with E-state index in [2.05, 4.69) is 26.1 Å². The molecule has 1 unspecified atom stereocenters. The Balaban J connectivity index is 3.75. The van der Waals surface area contributed by atoms with Gasteiger partial charge in [0.2, 0.25) is 0 Å². The van der Waals surface area contributed by atoms with E-state index >= 15 is 0 Å². The number of nitrogens with one attached hydrogen (secondary N) is 1. The van der Waals surface area contributed by atoms with Crippen molar-refractivity contribution in [2.45, 2.75) is 46.6 Å². The first-order chi connectivity index (χ1) is 6.87. The summed E-state index contributed by atoms with van der Waals surface area (Å²) in [6, 6.07) is 0.472. The molecule has 1 atom stereocenters. The van der Waals surface area contributed by atoms with E-state index in [0.717, 1.165) is 19.4 Å². The molecule has 0 aliphatic carbocycles. The molecule has 0 aromatic heterocycles. The third-order valence-corrected chi connectivity index (χ3v) is 4.20. The van der Waals surface area contributed by atoms with Gasteiger partial charge in [-0.25, -0.2) is 8.42 Å². The summed E-state index contributed by atoms with van der Waals surface area (Å²) in [4.78, 5) is 0. The number of hydrogen-bond donors (Lipinski definition) is 1. The van der Waals surface area contributed by atoms with E-state index < -0.39 is 9.84 Å². The summed E-state index contributed by atoms with van der Waals surface area (Å²) in [6.45, 7) is 9.10. The molecule has 92 valence electrons. The van der Waals surface area contributed by atoms with Gasteiger partial charge in [0.1, 0.15) is 9.84 Å². The van der Waals surface area contributed by atoms with Gasteiger partial charge >= 0.3 is 0 Å². The van der Waals surface area contributed by atoms with Gasteiger partial charge < -0.3 is 5.32 Å². The van der Waals surface area contributed by atoms with Gasteiger partial charge in [-0.05, 0) is 25.3 Å². The molecule has 0 fully saturated rings. The summed E-state index contributed by atoms with van der Waals surface area (Å²) in [6.07, 6.45) is 1.49. The van der Waals surface area contributed by atoms with Crippen LogP contribution in [0.5, 0.6) is 0 Å². The lowest BCUT2D eigenvalue weighted by molar-refractivity contribution is 0.466. The van der Waals surface area contributed by atoms with Gasteiger partial charge in [-0.1, -0.05) is 27.7 Å². The SMILES string of the molecule is CCCS(=O)(=O)CCC(C)CNC(C)C. The average molecular weight is 235 g/mol. The minimum Gasteiger partial charge on any atom is -0.314 e. The van der Waals surface area contributed by atoms with Crippen molar-refractivity contribution < 1.29 is 8.42 Å². The summed E-state index contributed by atoms with van der Waals surface area (Å²) in [5, 5.41) is 3.32. The second-order valence-corrected chi connectivity index (χ2v) is 6.91. The zero-order chi connectivity index (χ0) is 11.9. The standard InChI is InChI=1S/C11H25NO2S/c1-5-7-15(13,14)8-6-11(4)9-12-10(2)3/h10-12H,5-9H2,1-4H3. The van der Waals surface area contributed by atoms with Gasteiger partial charge in [0.25, 0.3) is 0 Å². The molecule has 0 heterocycles. The van der Waals surface area contributed by atoms with Crippen molar-refractivity contribution in [1.29, 1.82) is 0 Å². The lowest BCUT2D eigenvalue weighted by atomic mass is 10.1. The molecule has 0 amide bonds. The minimum atomic E-state index is -2.79. The molecule has 3 nitrogen and oxygen atoms in total. The van der Waals surface area contributed by atoms with E-state index in [9.17, 15) is 8.42 Å². The van der Waals surface area contributed by atoms with Gasteiger partial charge in [-0.3, -0.25) is 0 Å². The van der Waals surface area contributed by atoms with Crippen molar-refractivity contribution in [3.63, 3.8) is 0 Å². The van der Waals surface area contributed by atoms with Crippen LogP contribution in [0.2, 0.25) is 0 Å². The van der Waals surface area contributed by atoms with Crippen molar-refractivity contribution in [1.82, 2.24) is 5.32 Å². The first-order valence-electron chi connectivity index (χ1n) is 5.81. The lowest BCUT2D eigenvalue weighted by Gasteiger charge is -2.14. The highest BCUT2D eigenvalue weighted by Gasteiger charge is 2.12. The molecule has 0 rings (SSSR count). The van der Waals surface area contributed by atoms with Gasteiger partial charge in [-0.15, -0.1) is 0 Å². The van der Waals surface area contributed by atoms with Crippen LogP contribution in [-0.2, 0) is 9.84 Å². The monoisotopic (exact) mass is 235 g/mol. The van der Waals surface area contributed by atoms with Crippen molar-refractivity contribution in [3.8, 4) is 0 Å². The molecular weight excluding hydrogens is 210 g/mol. The zero-order valence-electron chi connectivity index (χ0n) is 10.4. The van der Waals surface area contributed by atoms with Gasteiger partial charge in [-0.2, -0.15) is 0 Å². The van der Waals surface area contributed by atoms with Crippen LogP contribution < -0.4 is 5.32 Å². The van der Waals surface area contributed by atoms with E-state index in [1.807, 2.05) is 6.92 Å². The maximum absolute atomic E-state index is 11.5. The molecule has 0 saturated heterocycles.